The number of rotatable bonds is 4. The van der Waals surface area contributed by atoms with Crippen molar-refractivity contribution in [2.45, 2.75) is 20.4 Å². The van der Waals surface area contributed by atoms with Crippen LogP contribution in [-0.2, 0) is 11.3 Å². The fraction of sp³-hybridized carbons (Fsp3) is 0.200. The van der Waals surface area contributed by atoms with Crippen molar-refractivity contribution in [3.05, 3.63) is 70.9 Å². The maximum absolute atomic E-state index is 12.4. The second kappa shape index (κ2) is 6.59. The van der Waals surface area contributed by atoms with Crippen molar-refractivity contribution >= 4 is 16.9 Å². The zero-order valence-electron chi connectivity index (χ0n) is 13.7. The van der Waals surface area contributed by atoms with E-state index in [0.717, 1.165) is 22.0 Å². The molecule has 0 spiro atoms. The number of carbonyl (C=O) groups excluding carboxylic acids is 1. The van der Waals surface area contributed by atoms with Gasteiger partial charge in [0, 0.05) is 17.4 Å². The van der Waals surface area contributed by atoms with Crippen LogP contribution in [0.25, 0.3) is 10.9 Å². The molecular formula is C20H18N2O2. The van der Waals surface area contributed by atoms with Crippen molar-refractivity contribution in [1.82, 2.24) is 4.57 Å². The minimum atomic E-state index is -0.329. The SMILES string of the molecule is CCOC(=O)c1cc2c(C)cccc2n1Cc1cccc(C#N)c1. The number of carbonyl (C=O) groups is 1. The lowest BCUT2D eigenvalue weighted by molar-refractivity contribution is 0.0515. The molecule has 0 atom stereocenters. The molecule has 0 N–H and O–H groups in total. The fourth-order valence-electron chi connectivity index (χ4n) is 2.90. The number of esters is 1. The number of ether oxygens (including phenoxy) is 1. The number of fused-ring (bicyclic) bond motifs is 1. The fourth-order valence-corrected chi connectivity index (χ4v) is 2.90. The van der Waals surface area contributed by atoms with Crippen molar-refractivity contribution in [1.29, 1.82) is 5.26 Å². The van der Waals surface area contributed by atoms with Gasteiger partial charge >= 0.3 is 5.97 Å². The van der Waals surface area contributed by atoms with Gasteiger partial charge in [-0.25, -0.2) is 4.79 Å². The van der Waals surface area contributed by atoms with Crippen LogP contribution in [0.3, 0.4) is 0 Å². The van der Waals surface area contributed by atoms with Gasteiger partial charge in [-0.2, -0.15) is 5.26 Å². The van der Waals surface area contributed by atoms with E-state index in [0.29, 0.717) is 24.4 Å². The molecule has 1 aromatic heterocycles. The van der Waals surface area contributed by atoms with E-state index in [1.165, 1.54) is 0 Å². The smallest absolute Gasteiger partial charge is 0.354 e. The molecule has 0 saturated heterocycles. The Kier molecular flexibility index (Phi) is 4.35. The average Bonchev–Trinajstić information content (AvgIpc) is 2.95. The maximum Gasteiger partial charge on any atom is 0.354 e. The molecule has 0 amide bonds. The molecule has 0 saturated carbocycles. The molecule has 120 valence electrons. The van der Waals surface area contributed by atoms with Crippen molar-refractivity contribution in [3.63, 3.8) is 0 Å². The maximum atomic E-state index is 12.4. The van der Waals surface area contributed by atoms with Crippen molar-refractivity contribution in [3.8, 4) is 6.07 Å². The van der Waals surface area contributed by atoms with Crippen LogP contribution < -0.4 is 0 Å². The Bertz CT molecular complexity index is 948. The van der Waals surface area contributed by atoms with Gasteiger partial charge in [-0.15, -0.1) is 0 Å². The molecule has 1 heterocycles. The Morgan fingerprint density at radius 3 is 2.75 bits per heavy atom. The Morgan fingerprint density at radius 1 is 1.21 bits per heavy atom. The summed E-state index contributed by atoms with van der Waals surface area (Å²) in [6.07, 6.45) is 0. The molecule has 0 unspecified atom stereocenters. The lowest BCUT2D eigenvalue weighted by Gasteiger charge is -2.11. The highest BCUT2D eigenvalue weighted by molar-refractivity contribution is 5.96. The van der Waals surface area contributed by atoms with E-state index in [2.05, 4.69) is 6.07 Å². The molecule has 2 aromatic carbocycles. The van der Waals surface area contributed by atoms with Crippen LogP contribution in [0.15, 0.2) is 48.5 Å². The van der Waals surface area contributed by atoms with Gasteiger partial charge in [-0.05, 0) is 49.2 Å². The number of nitrogens with zero attached hydrogens (tertiary/aromatic N) is 2. The van der Waals surface area contributed by atoms with Gasteiger partial charge in [0.1, 0.15) is 5.69 Å². The molecule has 0 radical (unpaired) electrons. The third kappa shape index (κ3) is 2.89. The first-order valence-electron chi connectivity index (χ1n) is 7.89. The molecule has 0 bridgehead atoms. The molecule has 0 aliphatic heterocycles. The summed E-state index contributed by atoms with van der Waals surface area (Å²) in [5, 5.41) is 10.1. The third-order valence-electron chi connectivity index (χ3n) is 4.05. The summed E-state index contributed by atoms with van der Waals surface area (Å²) in [5.74, 6) is -0.329. The lowest BCUT2D eigenvalue weighted by atomic mass is 10.1. The number of nitriles is 1. The largest absolute Gasteiger partial charge is 0.461 e. The standard InChI is InChI=1S/C20H18N2O2/c1-3-24-20(23)19-11-17-14(2)6-4-9-18(17)22(19)13-16-8-5-7-15(10-16)12-21/h4-11H,3,13H2,1-2H3. The van der Waals surface area contributed by atoms with Crippen molar-refractivity contribution < 1.29 is 9.53 Å². The average molecular weight is 318 g/mol. The zero-order chi connectivity index (χ0) is 17.1. The van der Waals surface area contributed by atoms with Crippen LogP contribution in [0.1, 0.15) is 34.1 Å². The Labute approximate surface area is 140 Å². The first-order valence-corrected chi connectivity index (χ1v) is 7.89. The van der Waals surface area contributed by atoms with Gasteiger partial charge in [0.05, 0.1) is 18.2 Å². The number of aryl methyl sites for hydroxylation is 1. The predicted octanol–water partition coefficient (Wildman–Crippen LogP) is 4.05. The van der Waals surface area contributed by atoms with Crippen LogP contribution in [0.4, 0.5) is 0 Å². The number of benzene rings is 2. The number of hydrogen-bond acceptors (Lipinski definition) is 3. The monoisotopic (exact) mass is 318 g/mol. The number of aromatic nitrogens is 1. The number of hydrogen-bond donors (Lipinski definition) is 0. The van der Waals surface area contributed by atoms with Crippen LogP contribution in [0.2, 0.25) is 0 Å². The van der Waals surface area contributed by atoms with Gasteiger partial charge in [0.15, 0.2) is 0 Å². The highest BCUT2D eigenvalue weighted by atomic mass is 16.5. The van der Waals surface area contributed by atoms with Gasteiger partial charge in [0.25, 0.3) is 0 Å². The van der Waals surface area contributed by atoms with Crippen LogP contribution in [0, 0.1) is 18.3 Å². The van der Waals surface area contributed by atoms with Crippen molar-refractivity contribution in [2.75, 3.05) is 6.61 Å². The van der Waals surface area contributed by atoms with Crippen molar-refractivity contribution in [2.24, 2.45) is 0 Å². The van der Waals surface area contributed by atoms with Gasteiger partial charge < -0.3 is 9.30 Å². The minimum Gasteiger partial charge on any atom is -0.461 e. The summed E-state index contributed by atoms with van der Waals surface area (Å²) in [7, 11) is 0. The minimum absolute atomic E-state index is 0.329. The summed E-state index contributed by atoms with van der Waals surface area (Å²) in [5.41, 5.74) is 4.21. The van der Waals surface area contributed by atoms with Crippen LogP contribution >= 0.6 is 0 Å². The Hall–Kier alpha value is -3.06. The second-order valence-corrected chi connectivity index (χ2v) is 5.66. The van der Waals surface area contributed by atoms with E-state index in [4.69, 9.17) is 10.00 Å². The summed E-state index contributed by atoms with van der Waals surface area (Å²) >= 11 is 0. The second-order valence-electron chi connectivity index (χ2n) is 5.66. The highest BCUT2D eigenvalue weighted by Crippen LogP contribution is 2.25. The molecule has 3 rings (SSSR count). The third-order valence-corrected chi connectivity index (χ3v) is 4.05. The molecule has 0 aliphatic rings. The van der Waals surface area contributed by atoms with E-state index in [9.17, 15) is 4.79 Å². The normalized spacial score (nSPS) is 10.5. The molecule has 24 heavy (non-hydrogen) atoms. The molecule has 0 aliphatic carbocycles. The van der Waals surface area contributed by atoms with E-state index < -0.39 is 0 Å². The van der Waals surface area contributed by atoms with Gasteiger partial charge in [-0.1, -0.05) is 24.3 Å². The van der Waals surface area contributed by atoms with Gasteiger partial charge in [-0.3, -0.25) is 0 Å². The summed E-state index contributed by atoms with van der Waals surface area (Å²) < 4.78 is 7.16. The van der Waals surface area contributed by atoms with Crippen LogP contribution in [-0.4, -0.2) is 17.1 Å². The molecule has 4 heteroatoms. The Morgan fingerprint density at radius 2 is 2.00 bits per heavy atom. The van der Waals surface area contributed by atoms with E-state index in [-0.39, 0.29) is 5.97 Å². The summed E-state index contributed by atoms with van der Waals surface area (Å²) in [6.45, 7) is 4.67. The summed E-state index contributed by atoms with van der Waals surface area (Å²) in [4.78, 5) is 12.4. The van der Waals surface area contributed by atoms with E-state index in [1.807, 2.05) is 54.0 Å². The predicted molar refractivity (Wildman–Crippen MR) is 92.9 cm³/mol. The summed E-state index contributed by atoms with van der Waals surface area (Å²) in [6, 6.07) is 17.5. The quantitative estimate of drug-likeness (QED) is 0.682. The lowest BCUT2D eigenvalue weighted by Crippen LogP contribution is -2.12. The first kappa shape index (κ1) is 15.8. The van der Waals surface area contributed by atoms with E-state index >= 15 is 0 Å². The molecule has 0 fully saturated rings. The van der Waals surface area contributed by atoms with Crippen LogP contribution in [0.5, 0.6) is 0 Å². The molecule has 4 nitrogen and oxygen atoms in total. The molecule has 3 aromatic rings. The Balaban J connectivity index is 2.13. The zero-order valence-corrected chi connectivity index (χ0v) is 13.7. The van der Waals surface area contributed by atoms with E-state index in [1.54, 1.807) is 13.0 Å². The topological polar surface area (TPSA) is 55.0 Å². The molecular weight excluding hydrogens is 300 g/mol. The van der Waals surface area contributed by atoms with Gasteiger partial charge in [0.2, 0.25) is 0 Å². The highest BCUT2D eigenvalue weighted by Gasteiger charge is 2.17. The first-order chi connectivity index (χ1) is 11.6.